The van der Waals surface area contributed by atoms with Crippen molar-refractivity contribution in [2.45, 2.75) is 103 Å². The lowest BCUT2D eigenvalue weighted by Crippen LogP contribution is -2.37. The van der Waals surface area contributed by atoms with E-state index in [2.05, 4.69) is 19.1 Å². The summed E-state index contributed by atoms with van der Waals surface area (Å²) in [6.45, 7) is 11.0. The van der Waals surface area contributed by atoms with Crippen molar-refractivity contribution in [2.24, 2.45) is 0 Å². The van der Waals surface area contributed by atoms with Gasteiger partial charge in [0.15, 0.2) is 4.93 Å². The van der Waals surface area contributed by atoms with E-state index in [4.69, 9.17) is 9.47 Å². The first kappa shape index (κ1) is 27.7. The van der Waals surface area contributed by atoms with Crippen LogP contribution in [0.25, 0.3) is 6.08 Å². The molecular weight excluding hydrogens is 412 g/mol. The number of benzene rings is 1. The molecule has 0 aliphatic rings. The second kappa shape index (κ2) is 12.6. The molecule has 178 valence electrons. The summed E-state index contributed by atoms with van der Waals surface area (Å²) in [4.78, 5) is -1.64. The van der Waals surface area contributed by atoms with Gasteiger partial charge in [0.25, 0.3) is 10.1 Å². The molecule has 0 saturated heterocycles. The molecule has 1 rings (SSSR count). The van der Waals surface area contributed by atoms with Gasteiger partial charge in [0.2, 0.25) is 0 Å². The predicted octanol–water partition coefficient (Wildman–Crippen LogP) is 6.81. The molecule has 0 unspecified atom stereocenters. The second-order valence-electron chi connectivity index (χ2n) is 9.22. The highest BCUT2D eigenvalue weighted by molar-refractivity contribution is 7.87. The van der Waals surface area contributed by atoms with E-state index in [1.165, 1.54) is 51.5 Å². The van der Waals surface area contributed by atoms with Crippen molar-refractivity contribution in [1.29, 1.82) is 0 Å². The minimum atomic E-state index is -4.28. The van der Waals surface area contributed by atoms with Gasteiger partial charge in [-0.3, -0.25) is 4.55 Å². The molecule has 31 heavy (non-hydrogen) atoms. The Kier molecular flexibility index (Phi) is 11.3. The summed E-state index contributed by atoms with van der Waals surface area (Å²) in [6.07, 6.45) is 13.0. The zero-order valence-electron chi connectivity index (χ0n) is 20.2. The minimum Gasteiger partial charge on any atom is -0.487 e. The highest BCUT2D eigenvalue weighted by atomic mass is 32.2. The molecule has 0 bridgehead atoms. The molecule has 0 atom stereocenters. The van der Waals surface area contributed by atoms with Crippen molar-refractivity contribution in [3.8, 4) is 5.75 Å². The van der Waals surface area contributed by atoms with Crippen molar-refractivity contribution in [3.63, 3.8) is 0 Å². The second-order valence-corrected chi connectivity index (χ2v) is 11.2. The third-order valence-electron chi connectivity index (χ3n) is 5.40. The van der Waals surface area contributed by atoms with Gasteiger partial charge in [-0.15, -0.1) is 0 Å². The average Bonchev–Trinajstić information content (AvgIpc) is 2.65. The van der Waals surface area contributed by atoms with Crippen LogP contribution in [0.5, 0.6) is 5.75 Å². The van der Waals surface area contributed by atoms with Crippen LogP contribution in [0.1, 0.15) is 97.6 Å². The average molecular weight is 455 g/mol. The number of ether oxygens (including phenoxy) is 2. The van der Waals surface area contributed by atoms with E-state index in [-0.39, 0.29) is 6.61 Å². The summed E-state index contributed by atoms with van der Waals surface area (Å²) in [6, 6.07) is 6.26. The molecule has 5 nitrogen and oxygen atoms in total. The van der Waals surface area contributed by atoms with Gasteiger partial charge in [0, 0.05) is 6.42 Å². The van der Waals surface area contributed by atoms with Gasteiger partial charge in [-0.2, -0.15) is 8.42 Å². The maximum Gasteiger partial charge on any atom is 0.294 e. The highest BCUT2D eigenvalue weighted by Crippen LogP contribution is 2.29. The maximum absolute atomic E-state index is 11.4. The van der Waals surface area contributed by atoms with Gasteiger partial charge in [0.05, 0.1) is 6.61 Å². The number of unbranched alkanes of at least 4 members (excludes halogenated alkanes) is 5. The zero-order valence-corrected chi connectivity index (χ0v) is 21.1. The van der Waals surface area contributed by atoms with E-state index in [0.717, 1.165) is 24.2 Å². The fraction of sp³-hybridized carbons (Fsp3) is 0.680. The molecule has 0 radical (unpaired) electrons. The normalized spacial score (nSPS) is 13.1. The number of allylic oxidation sites excluding steroid dienone is 1. The molecular formula is C25H42O5S. The fourth-order valence-corrected chi connectivity index (χ4v) is 3.48. The van der Waals surface area contributed by atoms with Gasteiger partial charge < -0.3 is 9.47 Å². The van der Waals surface area contributed by atoms with E-state index in [1.807, 2.05) is 39.0 Å². The van der Waals surface area contributed by atoms with Crippen LogP contribution < -0.4 is 4.74 Å². The molecule has 0 aliphatic heterocycles. The van der Waals surface area contributed by atoms with Crippen LogP contribution in [0.4, 0.5) is 0 Å². The van der Waals surface area contributed by atoms with E-state index >= 15 is 0 Å². The Labute approximate surface area is 190 Å². The lowest BCUT2D eigenvalue weighted by Gasteiger charge is -2.30. The van der Waals surface area contributed by atoms with E-state index in [1.54, 1.807) is 0 Å². The van der Waals surface area contributed by atoms with Crippen LogP contribution in [0.2, 0.25) is 0 Å². The standard InChI is InChI=1S/C25H42O5S/c1-7-9-10-11-12-13-15-22-20-21(14-8-2)16-17-23(22)30-24(3,4)18-19-29-25(5,6)31(26,27)28/h8,14,16-17,20H,7,9-13,15,18-19H2,1-6H3,(H,26,27,28)/b14-8+. The number of rotatable bonds is 15. The van der Waals surface area contributed by atoms with Crippen LogP contribution in [-0.4, -0.2) is 30.1 Å². The Morgan fingerprint density at radius 2 is 1.68 bits per heavy atom. The summed E-state index contributed by atoms with van der Waals surface area (Å²) in [5, 5.41) is 0. The van der Waals surface area contributed by atoms with Gasteiger partial charge in [-0.05, 0) is 70.7 Å². The summed E-state index contributed by atoms with van der Waals surface area (Å²) in [5.74, 6) is 0.862. The topological polar surface area (TPSA) is 72.8 Å². The number of aryl methyl sites for hydroxylation is 1. The minimum absolute atomic E-state index is 0.156. The van der Waals surface area contributed by atoms with Gasteiger partial charge in [0.1, 0.15) is 11.4 Å². The third-order valence-corrected chi connectivity index (χ3v) is 6.76. The largest absolute Gasteiger partial charge is 0.487 e. The highest BCUT2D eigenvalue weighted by Gasteiger charge is 2.34. The smallest absolute Gasteiger partial charge is 0.294 e. The summed E-state index contributed by atoms with van der Waals surface area (Å²) < 4.78 is 43.9. The molecule has 1 N–H and O–H groups in total. The first-order valence-electron chi connectivity index (χ1n) is 11.5. The van der Waals surface area contributed by atoms with Crippen LogP contribution >= 0.6 is 0 Å². The summed E-state index contributed by atoms with van der Waals surface area (Å²) >= 11 is 0. The van der Waals surface area contributed by atoms with Crippen LogP contribution in [-0.2, 0) is 21.3 Å². The van der Waals surface area contributed by atoms with Crippen molar-refractivity contribution in [2.75, 3.05) is 6.61 Å². The Morgan fingerprint density at radius 1 is 1.03 bits per heavy atom. The third kappa shape index (κ3) is 10.2. The lowest BCUT2D eigenvalue weighted by molar-refractivity contribution is -0.000475. The van der Waals surface area contributed by atoms with Gasteiger partial charge in [-0.1, -0.05) is 57.2 Å². The molecule has 0 aromatic heterocycles. The SMILES string of the molecule is C/C=C/c1ccc(OC(C)(C)CCOC(C)(C)S(=O)(=O)O)c(CCCCCCCC)c1. The molecule has 0 spiro atoms. The summed E-state index contributed by atoms with van der Waals surface area (Å²) in [7, 11) is -4.28. The van der Waals surface area contributed by atoms with Crippen molar-refractivity contribution in [3.05, 3.63) is 35.4 Å². The fourth-order valence-electron chi connectivity index (χ4n) is 3.25. The van der Waals surface area contributed by atoms with E-state index < -0.39 is 20.7 Å². The summed E-state index contributed by atoms with van der Waals surface area (Å²) in [5.41, 5.74) is 1.80. The number of hydrogen-bond donors (Lipinski definition) is 1. The molecule has 1 aromatic carbocycles. The molecule has 0 heterocycles. The van der Waals surface area contributed by atoms with Crippen molar-refractivity contribution < 1.29 is 22.4 Å². The molecule has 0 aliphatic carbocycles. The number of hydrogen-bond acceptors (Lipinski definition) is 4. The zero-order chi connectivity index (χ0) is 23.5. The molecule has 1 aromatic rings. The van der Waals surface area contributed by atoms with E-state index in [0.29, 0.717) is 6.42 Å². The van der Waals surface area contributed by atoms with Crippen LogP contribution in [0.15, 0.2) is 24.3 Å². The Morgan fingerprint density at radius 3 is 2.29 bits per heavy atom. The maximum atomic E-state index is 11.4. The Hall–Kier alpha value is -1.37. The van der Waals surface area contributed by atoms with Crippen molar-refractivity contribution in [1.82, 2.24) is 0 Å². The predicted molar refractivity (Wildman–Crippen MR) is 129 cm³/mol. The molecule has 0 saturated carbocycles. The first-order valence-corrected chi connectivity index (χ1v) is 12.9. The lowest BCUT2D eigenvalue weighted by atomic mass is 10.0. The van der Waals surface area contributed by atoms with Gasteiger partial charge >= 0.3 is 0 Å². The van der Waals surface area contributed by atoms with Crippen LogP contribution in [0.3, 0.4) is 0 Å². The van der Waals surface area contributed by atoms with Crippen molar-refractivity contribution >= 4 is 16.2 Å². The molecule has 0 fully saturated rings. The molecule has 6 heteroatoms. The monoisotopic (exact) mass is 454 g/mol. The first-order chi connectivity index (χ1) is 14.4. The van der Waals surface area contributed by atoms with E-state index in [9.17, 15) is 13.0 Å². The van der Waals surface area contributed by atoms with Crippen LogP contribution in [0, 0.1) is 0 Å². The Balaban J connectivity index is 2.79. The Bertz CT molecular complexity index is 794. The quantitative estimate of drug-likeness (QED) is 0.233. The van der Waals surface area contributed by atoms with Gasteiger partial charge in [-0.25, -0.2) is 0 Å². The molecule has 0 amide bonds.